The number of hydrogen-bond acceptors (Lipinski definition) is 2. The predicted octanol–water partition coefficient (Wildman–Crippen LogP) is 3.57. The van der Waals surface area contributed by atoms with Gasteiger partial charge in [-0.1, -0.05) is 30.7 Å². The lowest BCUT2D eigenvalue weighted by atomic mass is 10.1. The molecule has 6 heteroatoms. The van der Waals surface area contributed by atoms with E-state index in [2.05, 4.69) is 5.32 Å². The topological polar surface area (TPSA) is 21.3 Å². The lowest BCUT2D eigenvalue weighted by molar-refractivity contribution is -0.185. The molecular formula is C12H15ClF3NO. The molecule has 0 aliphatic heterocycles. The SMILES string of the molecule is CCNCC(OCC(F)(F)F)c1ccc(Cl)cc1. The highest BCUT2D eigenvalue weighted by Gasteiger charge is 2.29. The van der Waals surface area contributed by atoms with E-state index in [-0.39, 0.29) is 0 Å². The molecule has 1 N–H and O–H groups in total. The van der Waals surface area contributed by atoms with E-state index in [0.29, 0.717) is 23.7 Å². The average molecular weight is 282 g/mol. The van der Waals surface area contributed by atoms with Crippen LogP contribution in [0, 0.1) is 0 Å². The molecule has 2 nitrogen and oxygen atoms in total. The van der Waals surface area contributed by atoms with Gasteiger partial charge in [-0.3, -0.25) is 0 Å². The van der Waals surface area contributed by atoms with E-state index in [1.807, 2.05) is 6.92 Å². The van der Waals surface area contributed by atoms with Crippen molar-refractivity contribution in [1.82, 2.24) is 5.32 Å². The summed E-state index contributed by atoms with van der Waals surface area (Å²) < 4.78 is 41.4. The Hall–Kier alpha value is -0.780. The number of halogens is 4. The molecule has 0 heterocycles. The van der Waals surface area contributed by atoms with Crippen molar-refractivity contribution in [2.75, 3.05) is 19.7 Å². The number of likely N-dealkylation sites (N-methyl/N-ethyl adjacent to an activating group) is 1. The second-order valence-electron chi connectivity index (χ2n) is 3.77. The van der Waals surface area contributed by atoms with Crippen LogP contribution in [0.3, 0.4) is 0 Å². The van der Waals surface area contributed by atoms with Crippen molar-refractivity contribution in [1.29, 1.82) is 0 Å². The fourth-order valence-electron chi connectivity index (χ4n) is 1.42. The van der Waals surface area contributed by atoms with E-state index in [9.17, 15) is 13.2 Å². The van der Waals surface area contributed by atoms with Crippen molar-refractivity contribution in [3.05, 3.63) is 34.9 Å². The number of nitrogens with one attached hydrogen (secondary N) is 1. The summed E-state index contributed by atoms with van der Waals surface area (Å²) in [7, 11) is 0. The fourth-order valence-corrected chi connectivity index (χ4v) is 1.55. The van der Waals surface area contributed by atoms with Crippen LogP contribution < -0.4 is 5.32 Å². The second kappa shape index (κ2) is 6.97. The van der Waals surface area contributed by atoms with Gasteiger partial charge in [0.2, 0.25) is 0 Å². The van der Waals surface area contributed by atoms with Gasteiger partial charge in [0.05, 0.1) is 6.10 Å². The summed E-state index contributed by atoms with van der Waals surface area (Å²) in [5, 5.41) is 3.51. The van der Waals surface area contributed by atoms with Gasteiger partial charge in [0.1, 0.15) is 6.61 Å². The maximum absolute atomic E-state index is 12.2. The molecule has 18 heavy (non-hydrogen) atoms. The zero-order valence-corrected chi connectivity index (χ0v) is 10.7. The Morgan fingerprint density at radius 3 is 2.39 bits per heavy atom. The molecule has 0 saturated heterocycles. The van der Waals surface area contributed by atoms with Crippen LogP contribution in [-0.2, 0) is 4.74 Å². The van der Waals surface area contributed by atoms with Crippen LogP contribution in [0.4, 0.5) is 13.2 Å². The number of rotatable bonds is 6. The normalized spacial score (nSPS) is 13.6. The van der Waals surface area contributed by atoms with E-state index < -0.39 is 18.9 Å². The van der Waals surface area contributed by atoms with E-state index in [1.165, 1.54) is 0 Å². The van der Waals surface area contributed by atoms with E-state index in [4.69, 9.17) is 16.3 Å². The van der Waals surface area contributed by atoms with Gasteiger partial charge >= 0.3 is 6.18 Å². The second-order valence-corrected chi connectivity index (χ2v) is 4.21. The van der Waals surface area contributed by atoms with Crippen LogP contribution in [0.2, 0.25) is 5.02 Å². The molecule has 0 aromatic heterocycles. The molecule has 0 radical (unpaired) electrons. The van der Waals surface area contributed by atoms with Crippen molar-refractivity contribution >= 4 is 11.6 Å². The minimum atomic E-state index is -4.32. The lowest BCUT2D eigenvalue weighted by Crippen LogP contribution is -2.27. The van der Waals surface area contributed by atoms with Gasteiger partial charge < -0.3 is 10.1 Å². The van der Waals surface area contributed by atoms with E-state index in [0.717, 1.165) is 0 Å². The lowest BCUT2D eigenvalue weighted by Gasteiger charge is -2.19. The number of ether oxygens (including phenoxy) is 1. The molecular weight excluding hydrogens is 267 g/mol. The van der Waals surface area contributed by atoms with Crippen LogP contribution in [-0.4, -0.2) is 25.9 Å². The Labute approximate surface area is 109 Å². The predicted molar refractivity (Wildman–Crippen MR) is 64.7 cm³/mol. The van der Waals surface area contributed by atoms with Crippen molar-refractivity contribution < 1.29 is 17.9 Å². The molecule has 1 aromatic carbocycles. The third-order valence-corrected chi connectivity index (χ3v) is 2.52. The van der Waals surface area contributed by atoms with Crippen LogP contribution >= 0.6 is 11.6 Å². The van der Waals surface area contributed by atoms with Gasteiger partial charge in [-0.2, -0.15) is 13.2 Å². The smallest absolute Gasteiger partial charge is 0.363 e. The summed E-state index contributed by atoms with van der Waals surface area (Å²) in [6.45, 7) is 1.61. The van der Waals surface area contributed by atoms with Crippen LogP contribution in [0.1, 0.15) is 18.6 Å². The summed E-state index contributed by atoms with van der Waals surface area (Å²) in [6.07, 6.45) is -4.96. The van der Waals surface area contributed by atoms with E-state index >= 15 is 0 Å². The van der Waals surface area contributed by atoms with Gasteiger partial charge in [-0.05, 0) is 24.2 Å². The van der Waals surface area contributed by atoms with Crippen LogP contribution in [0.5, 0.6) is 0 Å². The van der Waals surface area contributed by atoms with E-state index in [1.54, 1.807) is 24.3 Å². The molecule has 0 amide bonds. The Balaban J connectivity index is 2.68. The van der Waals surface area contributed by atoms with Crippen molar-refractivity contribution in [2.24, 2.45) is 0 Å². The maximum atomic E-state index is 12.2. The summed E-state index contributed by atoms with van der Waals surface area (Å²) >= 11 is 5.73. The monoisotopic (exact) mass is 281 g/mol. The highest BCUT2D eigenvalue weighted by atomic mass is 35.5. The first-order chi connectivity index (χ1) is 8.42. The Morgan fingerprint density at radius 1 is 1.28 bits per heavy atom. The van der Waals surface area contributed by atoms with Crippen molar-refractivity contribution in [3.63, 3.8) is 0 Å². The minimum absolute atomic E-state index is 0.328. The zero-order valence-electron chi connectivity index (χ0n) is 9.93. The molecule has 1 unspecified atom stereocenters. The Kier molecular flexibility index (Phi) is 5.91. The van der Waals surface area contributed by atoms with Crippen LogP contribution in [0.25, 0.3) is 0 Å². The summed E-state index contributed by atoms with van der Waals surface area (Å²) in [6, 6.07) is 6.60. The molecule has 1 aromatic rings. The molecule has 0 aliphatic rings. The Morgan fingerprint density at radius 2 is 1.89 bits per heavy atom. The Bertz CT molecular complexity index is 353. The molecule has 1 atom stereocenters. The third kappa shape index (κ3) is 5.71. The average Bonchev–Trinajstić information content (AvgIpc) is 2.29. The largest absolute Gasteiger partial charge is 0.411 e. The third-order valence-electron chi connectivity index (χ3n) is 2.27. The van der Waals surface area contributed by atoms with Crippen molar-refractivity contribution in [2.45, 2.75) is 19.2 Å². The molecule has 0 fully saturated rings. The van der Waals surface area contributed by atoms with Gasteiger partial charge in [0.15, 0.2) is 0 Å². The molecule has 102 valence electrons. The molecule has 1 rings (SSSR count). The molecule has 0 spiro atoms. The first-order valence-electron chi connectivity index (χ1n) is 5.57. The number of benzene rings is 1. The standard InChI is InChI=1S/C12H15ClF3NO/c1-2-17-7-11(18-8-12(14,15)16)9-3-5-10(13)6-4-9/h3-6,11,17H,2,7-8H2,1H3. The highest BCUT2D eigenvalue weighted by molar-refractivity contribution is 6.30. The highest BCUT2D eigenvalue weighted by Crippen LogP contribution is 2.23. The minimum Gasteiger partial charge on any atom is -0.363 e. The first-order valence-corrected chi connectivity index (χ1v) is 5.94. The summed E-state index contributed by atoms with van der Waals surface area (Å²) in [5.74, 6) is 0. The molecule has 0 bridgehead atoms. The van der Waals surface area contributed by atoms with Gasteiger partial charge in [0, 0.05) is 11.6 Å². The summed E-state index contributed by atoms with van der Waals surface area (Å²) in [5.41, 5.74) is 0.671. The number of hydrogen-bond donors (Lipinski definition) is 1. The number of alkyl halides is 3. The summed E-state index contributed by atoms with van der Waals surface area (Å²) in [4.78, 5) is 0. The quantitative estimate of drug-likeness (QED) is 0.861. The fraction of sp³-hybridized carbons (Fsp3) is 0.500. The van der Waals surface area contributed by atoms with Gasteiger partial charge in [-0.25, -0.2) is 0 Å². The van der Waals surface area contributed by atoms with Crippen LogP contribution in [0.15, 0.2) is 24.3 Å². The first kappa shape index (κ1) is 15.3. The van der Waals surface area contributed by atoms with Gasteiger partial charge in [-0.15, -0.1) is 0 Å². The molecule has 0 aliphatic carbocycles. The maximum Gasteiger partial charge on any atom is 0.411 e. The van der Waals surface area contributed by atoms with Gasteiger partial charge in [0.25, 0.3) is 0 Å². The zero-order chi connectivity index (χ0) is 13.6. The molecule has 0 saturated carbocycles. The van der Waals surface area contributed by atoms with Crippen molar-refractivity contribution in [3.8, 4) is 0 Å².